The molecule has 0 aromatic heterocycles. The normalized spacial score (nSPS) is 19.3. The number of benzene rings is 6. The van der Waals surface area contributed by atoms with E-state index in [0.717, 1.165) is 102 Å². The van der Waals surface area contributed by atoms with Gasteiger partial charge in [0.1, 0.15) is 12.4 Å². The molecule has 3 N–H and O–H groups in total. The summed E-state index contributed by atoms with van der Waals surface area (Å²) in [6.45, 7) is 13.5. The third-order valence-electron chi connectivity index (χ3n) is 29.9. The Balaban J connectivity index is 0.865. The molecule has 0 radical (unpaired) electrons. The molecule has 0 fully saturated rings. The predicted molar refractivity (Wildman–Crippen MR) is 526 cm³/mol. The van der Waals surface area contributed by atoms with Crippen LogP contribution in [0.25, 0.3) is 71.7 Å². The number of aryl methyl sites for hydroxylation is 3. The van der Waals surface area contributed by atoms with E-state index in [1.54, 1.807) is 61.2 Å². The smallest absolute Gasteiger partial charge is 0.119 e. The Bertz CT molecular complexity index is 4920. The topological polar surface area (TPSA) is 135 Å². The van der Waals surface area contributed by atoms with Crippen molar-refractivity contribution in [3.8, 4) is 16.9 Å². The Morgan fingerprint density at radius 2 is 0.921 bits per heavy atom. The van der Waals surface area contributed by atoms with Crippen LogP contribution in [0.3, 0.4) is 0 Å². The summed E-state index contributed by atoms with van der Waals surface area (Å²) in [5.74, 6) is 2.73. The third-order valence-corrected chi connectivity index (χ3v) is 29.9. The number of hydrogen-bond donors (Lipinski definition) is 3. The number of unbranched alkanes of at least 4 members (excludes halogenated alkanes) is 30. The van der Waals surface area contributed by atoms with Crippen molar-refractivity contribution in [3.63, 3.8) is 0 Å². The van der Waals surface area contributed by atoms with Gasteiger partial charge in [0.25, 0.3) is 0 Å². The molecule has 127 heavy (non-hydrogen) atoms. The average molecular weight is 1720 g/mol. The van der Waals surface area contributed by atoms with Crippen molar-refractivity contribution in [1.29, 1.82) is 0 Å². The van der Waals surface area contributed by atoms with Crippen LogP contribution in [0.1, 0.15) is 362 Å². The molecule has 16 rings (SSSR count). The molecule has 6 unspecified atom stereocenters. The molecule has 11 heteroatoms. The first-order valence-electron chi connectivity index (χ1n) is 51.8. The lowest BCUT2D eigenvalue weighted by molar-refractivity contribution is -0.0168. The molecule has 0 heterocycles. The Morgan fingerprint density at radius 3 is 1.53 bits per heavy atom. The van der Waals surface area contributed by atoms with Gasteiger partial charge in [-0.2, -0.15) is 0 Å². The molecule has 11 nitrogen and oxygen atoms in total. The van der Waals surface area contributed by atoms with E-state index >= 15 is 0 Å². The molecular weight excluding hydrogens is 1570 g/mol. The lowest BCUT2D eigenvalue weighted by atomic mass is 9.46. The zero-order valence-electron chi connectivity index (χ0n) is 78.2. The van der Waals surface area contributed by atoms with Crippen LogP contribution < -0.4 is 4.74 Å². The maximum atomic E-state index is 9.27. The summed E-state index contributed by atoms with van der Waals surface area (Å²) < 4.78 is 48.2. The van der Waals surface area contributed by atoms with Gasteiger partial charge in [-0.3, -0.25) is 0 Å². The standard InChI is InChI=1S/C116H154O11/c1-4-7-10-13-16-19-22-25-28-33-38-81-69-93-99-75-87(84-41-47-90(48-42-84)125-57-37-32-31-36-56-120-58-53-117)76-100-94-70-82(39-34-29-26-23-20-17-14-11-8-5-2)72-96-102-78-89(86-45-51-92(52-46-86)127-68-66-124-64-62-122-60-55-119)80-104-98-74-83(40-35-30-27-24-21-18-15-12-9-6-3)73-97-103-79-88(85-43-49-91(50-44-85)126-67-65-123-63-61-121-59-54-118)77-101-95(71-81)105(93)111-114(108(99)100)112(106(94)96)116(110(102)104)113(107(97)98)115(111)109(101)103/h41,43-45,47,49-50,69-77,79-80,89,92,103,109,112,116-119H,4-40,42,46,48,51-68,78H2,1-3H3. The predicted octanol–water partition coefficient (Wildman–Crippen LogP) is 28.0. The summed E-state index contributed by atoms with van der Waals surface area (Å²) in [6, 6.07) is 31.1. The van der Waals surface area contributed by atoms with E-state index in [0.29, 0.717) is 79.3 Å². The van der Waals surface area contributed by atoms with Crippen molar-refractivity contribution < 1.29 is 53.2 Å². The van der Waals surface area contributed by atoms with Crippen LogP contribution in [0.15, 0.2) is 126 Å². The Morgan fingerprint density at radius 1 is 0.386 bits per heavy atom. The van der Waals surface area contributed by atoms with Crippen molar-refractivity contribution in [2.45, 2.75) is 315 Å². The van der Waals surface area contributed by atoms with Crippen LogP contribution in [0.2, 0.25) is 0 Å². The van der Waals surface area contributed by atoms with Crippen molar-refractivity contribution in [1.82, 2.24) is 0 Å². The van der Waals surface area contributed by atoms with Crippen molar-refractivity contribution >= 4 is 60.6 Å². The fourth-order valence-electron chi connectivity index (χ4n) is 23.7. The van der Waals surface area contributed by atoms with E-state index in [1.807, 2.05) is 0 Å². The van der Waals surface area contributed by atoms with E-state index < -0.39 is 0 Å². The fraction of sp³-hybridized carbons (Fsp3) is 0.586. The van der Waals surface area contributed by atoms with Crippen LogP contribution in [0, 0.1) is 17.8 Å². The summed E-state index contributed by atoms with van der Waals surface area (Å²) in [7, 11) is 0. The van der Waals surface area contributed by atoms with Crippen LogP contribution >= 0.6 is 0 Å². The Hall–Kier alpha value is -7.00. The van der Waals surface area contributed by atoms with Crippen molar-refractivity contribution in [2.75, 3.05) is 106 Å². The number of allylic oxidation sites excluding steroid dienone is 15. The van der Waals surface area contributed by atoms with Gasteiger partial charge in [0.15, 0.2) is 0 Å². The molecule has 0 bridgehead atoms. The van der Waals surface area contributed by atoms with Gasteiger partial charge in [0.05, 0.1) is 104 Å². The first kappa shape index (κ1) is 93.2. The second-order valence-electron chi connectivity index (χ2n) is 38.8. The summed E-state index contributed by atoms with van der Waals surface area (Å²) in [5.41, 5.74) is 36.5. The Labute approximate surface area is 762 Å². The summed E-state index contributed by atoms with van der Waals surface area (Å²) in [5, 5.41) is 33.7. The highest BCUT2D eigenvalue weighted by Gasteiger charge is 2.58. The number of aliphatic hydroxyl groups is 3. The number of ether oxygens (including phenoxy) is 8. The van der Waals surface area contributed by atoms with Gasteiger partial charge in [-0.1, -0.05) is 285 Å². The molecule has 10 aliphatic rings. The van der Waals surface area contributed by atoms with Gasteiger partial charge in [-0.25, -0.2) is 0 Å². The van der Waals surface area contributed by atoms with E-state index in [2.05, 4.69) is 130 Å². The first-order valence-corrected chi connectivity index (χ1v) is 51.8. The minimum atomic E-state index is 0.00820. The molecule has 684 valence electrons. The summed E-state index contributed by atoms with van der Waals surface area (Å²) >= 11 is 0. The van der Waals surface area contributed by atoms with Gasteiger partial charge in [-0.05, 0) is 270 Å². The SMILES string of the molecule is CCCCCCCCCCCCc1cc2c3c(c1)-c1cc(C4=CC=C(OCCCCCCOCCO)CC4)cc4c1c1c5c6c(cc(CCCCCCCCCCCC)cc64)C4=CC(c6ccc(OCCOCCOCCO)cc6)=CC6c7cc(CCCCCCCCCCCC)cc8c7C(=C5C46)C(C4=C2CC(C2=CCC(OCCOCCOCCO)CC2)C=C48)C31. The molecule has 0 spiro atoms. The fourth-order valence-corrected chi connectivity index (χ4v) is 23.7. The number of fused-ring (bicyclic) bond motifs is 6. The Kier molecular flexibility index (Phi) is 35.2. The van der Waals surface area contributed by atoms with Crippen molar-refractivity contribution in [3.05, 3.63) is 198 Å². The molecule has 6 aromatic carbocycles. The molecule has 6 aromatic rings. The minimum Gasteiger partial charge on any atom is -0.498 e. The molecule has 0 saturated heterocycles. The third kappa shape index (κ3) is 22.3. The second-order valence-corrected chi connectivity index (χ2v) is 38.8. The monoisotopic (exact) mass is 1720 g/mol. The molecule has 6 atom stereocenters. The van der Waals surface area contributed by atoms with E-state index in [9.17, 15) is 15.3 Å². The van der Waals surface area contributed by atoms with E-state index in [1.165, 1.54) is 287 Å². The lowest BCUT2D eigenvalue weighted by Crippen LogP contribution is -2.40. The van der Waals surface area contributed by atoms with Gasteiger partial charge < -0.3 is 53.2 Å². The highest BCUT2D eigenvalue weighted by atomic mass is 16.6. The maximum Gasteiger partial charge on any atom is 0.119 e. The quantitative estimate of drug-likeness (QED) is 0.0191. The first-order chi connectivity index (χ1) is 62.9. The van der Waals surface area contributed by atoms with Crippen LogP contribution in [0.4, 0.5) is 0 Å². The van der Waals surface area contributed by atoms with Gasteiger partial charge >= 0.3 is 0 Å². The van der Waals surface area contributed by atoms with E-state index in [-0.39, 0.29) is 55.5 Å². The van der Waals surface area contributed by atoms with Crippen LogP contribution in [-0.2, 0) is 52.4 Å². The molecular formula is C116H154O11. The molecule has 10 aliphatic carbocycles. The average Bonchev–Trinajstić information content (AvgIpc) is 0.640. The maximum absolute atomic E-state index is 9.27. The summed E-state index contributed by atoms with van der Waals surface area (Å²) in [4.78, 5) is 0. The van der Waals surface area contributed by atoms with Crippen molar-refractivity contribution in [2.24, 2.45) is 17.8 Å². The zero-order chi connectivity index (χ0) is 86.9. The van der Waals surface area contributed by atoms with Gasteiger partial charge in [-0.15, -0.1) is 0 Å². The number of aliphatic hydroxyl groups excluding tert-OH is 3. The lowest BCUT2D eigenvalue weighted by Gasteiger charge is -2.56. The minimum absolute atomic E-state index is 0.00820. The molecule has 0 amide bonds. The second kappa shape index (κ2) is 47.9. The van der Waals surface area contributed by atoms with Crippen LogP contribution in [-0.4, -0.2) is 127 Å². The highest BCUT2D eigenvalue weighted by Crippen LogP contribution is 2.75. The van der Waals surface area contributed by atoms with Gasteiger partial charge in [0.2, 0.25) is 0 Å². The van der Waals surface area contributed by atoms with E-state index in [4.69, 9.17) is 37.9 Å². The molecule has 0 aliphatic heterocycles. The summed E-state index contributed by atoms with van der Waals surface area (Å²) in [6.07, 6.45) is 68.8. The zero-order valence-corrected chi connectivity index (χ0v) is 78.2. The largest absolute Gasteiger partial charge is 0.498 e. The van der Waals surface area contributed by atoms with Crippen LogP contribution in [0.5, 0.6) is 5.75 Å². The highest BCUT2D eigenvalue weighted by molar-refractivity contribution is 6.29. The molecule has 0 saturated carbocycles. The van der Waals surface area contributed by atoms with Gasteiger partial charge in [0, 0.05) is 42.6 Å². The number of hydrogen-bond acceptors (Lipinski definition) is 11. The number of rotatable bonds is 64.